The molecule has 0 unspecified atom stereocenters. The van der Waals surface area contributed by atoms with Crippen LogP contribution in [0.2, 0.25) is 0 Å². The molecule has 0 fully saturated rings. The topological polar surface area (TPSA) is 40.5 Å². The lowest BCUT2D eigenvalue weighted by Gasteiger charge is -2.06. The third-order valence-corrected chi connectivity index (χ3v) is 2.39. The van der Waals surface area contributed by atoms with E-state index in [1.54, 1.807) is 13.0 Å². The van der Waals surface area contributed by atoms with Crippen LogP contribution >= 0.6 is 0 Å². The molecule has 2 aromatic carbocycles. The number of phenolic OH excluding ortho intramolecular Hbond substituents is 2. The number of rotatable bonds is 1. The SMILES string of the molecule is Cc1cc(-c2ccccc2)cc(O)c1O. The molecule has 0 heterocycles. The van der Waals surface area contributed by atoms with Gasteiger partial charge in [-0.3, -0.25) is 0 Å². The van der Waals surface area contributed by atoms with Crippen LogP contribution in [-0.4, -0.2) is 10.2 Å². The smallest absolute Gasteiger partial charge is 0.160 e. The molecule has 76 valence electrons. The number of benzene rings is 2. The fourth-order valence-corrected chi connectivity index (χ4v) is 1.56. The van der Waals surface area contributed by atoms with Gasteiger partial charge in [-0.15, -0.1) is 0 Å². The normalized spacial score (nSPS) is 10.2. The molecule has 0 spiro atoms. The average Bonchev–Trinajstić information content (AvgIpc) is 2.26. The molecular weight excluding hydrogens is 188 g/mol. The van der Waals surface area contributed by atoms with E-state index in [1.807, 2.05) is 36.4 Å². The Morgan fingerprint density at radius 1 is 0.867 bits per heavy atom. The van der Waals surface area contributed by atoms with Crippen LogP contribution in [0.25, 0.3) is 11.1 Å². The van der Waals surface area contributed by atoms with Gasteiger partial charge in [0.2, 0.25) is 0 Å². The first-order chi connectivity index (χ1) is 7.18. The van der Waals surface area contributed by atoms with Gasteiger partial charge in [0.05, 0.1) is 0 Å². The van der Waals surface area contributed by atoms with E-state index in [9.17, 15) is 10.2 Å². The van der Waals surface area contributed by atoms with Crippen molar-refractivity contribution >= 4 is 0 Å². The minimum atomic E-state index is -0.0751. The second kappa shape index (κ2) is 3.65. The van der Waals surface area contributed by atoms with E-state index in [0.717, 1.165) is 11.1 Å². The summed E-state index contributed by atoms with van der Waals surface area (Å²) in [4.78, 5) is 0. The molecule has 0 bridgehead atoms. The van der Waals surface area contributed by atoms with Gasteiger partial charge in [0.25, 0.3) is 0 Å². The summed E-state index contributed by atoms with van der Waals surface area (Å²) in [6, 6.07) is 13.2. The summed E-state index contributed by atoms with van der Waals surface area (Å²) in [6.07, 6.45) is 0. The highest BCUT2D eigenvalue weighted by Crippen LogP contribution is 2.33. The maximum atomic E-state index is 9.49. The summed E-state index contributed by atoms with van der Waals surface area (Å²) in [5.41, 5.74) is 2.60. The number of hydrogen-bond acceptors (Lipinski definition) is 2. The molecule has 0 saturated heterocycles. The molecule has 2 rings (SSSR count). The van der Waals surface area contributed by atoms with E-state index in [2.05, 4.69) is 0 Å². The van der Waals surface area contributed by atoms with Crippen LogP contribution in [0, 0.1) is 6.92 Å². The van der Waals surface area contributed by atoms with Crippen molar-refractivity contribution in [1.82, 2.24) is 0 Å². The van der Waals surface area contributed by atoms with E-state index in [1.165, 1.54) is 0 Å². The molecule has 2 nitrogen and oxygen atoms in total. The van der Waals surface area contributed by atoms with Crippen molar-refractivity contribution in [2.24, 2.45) is 0 Å². The molecule has 0 amide bonds. The second-order valence-electron chi connectivity index (χ2n) is 3.53. The molecule has 0 aliphatic heterocycles. The fourth-order valence-electron chi connectivity index (χ4n) is 1.56. The van der Waals surface area contributed by atoms with E-state index in [4.69, 9.17) is 0 Å². The third-order valence-electron chi connectivity index (χ3n) is 2.39. The summed E-state index contributed by atoms with van der Waals surface area (Å²) in [5, 5.41) is 18.9. The van der Waals surface area contributed by atoms with Crippen LogP contribution in [0.15, 0.2) is 42.5 Å². The Morgan fingerprint density at radius 3 is 2.13 bits per heavy atom. The standard InChI is InChI=1S/C13H12O2/c1-9-7-11(8-12(14)13(9)15)10-5-3-2-4-6-10/h2-8,14-15H,1H3. The van der Waals surface area contributed by atoms with Crippen LogP contribution < -0.4 is 0 Å². The summed E-state index contributed by atoms with van der Waals surface area (Å²) in [7, 11) is 0. The zero-order chi connectivity index (χ0) is 10.8. The lowest BCUT2D eigenvalue weighted by atomic mass is 10.0. The van der Waals surface area contributed by atoms with Crippen LogP contribution in [0.3, 0.4) is 0 Å². The highest BCUT2D eigenvalue weighted by molar-refractivity contribution is 5.68. The molecule has 0 aliphatic carbocycles. The number of aromatic hydroxyl groups is 2. The zero-order valence-electron chi connectivity index (χ0n) is 8.44. The highest BCUT2D eigenvalue weighted by Gasteiger charge is 2.06. The van der Waals surface area contributed by atoms with Crippen molar-refractivity contribution in [3.63, 3.8) is 0 Å². The van der Waals surface area contributed by atoms with Gasteiger partial charge in [-0.25, -0.2) is 0 Å². The highest BCUT2D eigenvalue weighted by atomic mass is 16.3. The number of hydrogen-bond donors (Lipinski definition) is 2. The van der Waals surface area contributed by atoms with Gasteiger partial charge in [0, 0.05) is 0 Å². The van der Waals surface area contributed by atoms with Crippen molar-refractivity contribution < 1.29 is 10.2 Å². The Labute approximate surface area is 88.4 Å². The molecule has 0 saturated carbocycles. The average molecular weight is 200 g/mol. The van der Waals surface area contributed by atoms with Crippen molar-refractivity contribution in [2.45, 2.75) is 6.92 Å². The van der Waals surface area contributed by atoms with Crippen molar-refractivity contribution in [3.05, 3.63) is 48.0 Å². The van der Waals surface area contributed by atoms with Gasteiger partial charge >= 0.3 is 0 Å². The summed E-state index contributed by atoms with van der Waals surface area (Å²) < 4.78 is 0. The predicted octanol–water partition coefficient (Wildman–Crippen LogP) is 3.07. The molecule has 0 atom stereocenters. The lowest BCUT2D eigenvalue weighted by Crippen LogP contribution is -1.81. The van der Waals surface area contributed by atoms with Crippen molar-refractivity contribution in [2.75, 3.05) is 0 Å². The maximum absolute atomic E-state index is 9.49. The largest absolute Gasteiger partial charge is 0.504 e. The van der Waals surface area contributed by atoms with E-state index in [0.29, 0.717) is 5.56 Å². The molecule has 15 heavy (non-hydrogen) atoms. The second-order valence-corrected chi connectivity index (χ2v) is 3.53. The molecule has 2 aromatic rings. The summed E-state index contributed by atoms with van der Waals surface area (Å²) in [6.45, 7) is 1.77. The Bertz CT molecular complexity index is 452. The Hall–Kier alpha value is -1.96. The van der Waals surface area contributed by atoms with Crippen LogP contribution in [-0.2, 0) is 0 Å². The molecule has 0 radical (unpaired) electrons. The van der Waals surface area contributed by atoms with E-state index >= 15 is 0 Å². The number of aryl methyl sites for hydroxylation is 1. The minimum absolute atomic E-state index is 0.0466. The predicted molar refractivity (Wildman–Crippen MR) is 59.9 cm³/mol. The van der Waals surface area contributed by atoms with Gasteiger partial charge in [0.15, 0.2) is 11.5 Å². The third kappa shape index (κ3) is 1.79. The quantitative estimate of drug-likeness (QED) is 0.694. The van der Waals surface area contributed by atoms with Gasteiger partial charge in [-0.2, -0.15) is 0 Å². The molecule has 0 aliphatic rings. The summed E-state index contributed by atoms with van der Waals surface area (Å²) >= 11 is 0. The molecular formula is C13H12O2. The number of phenols is 2. The fraction of sp³-hybridized carbons (Fsp3) is 0.0769. The molecule has 2 N–H and O–H groups in total. The first-order valence-corrected chi connectivity index (χ1v) is 4.76. The lowest BCUT2D eigenvalue weighted by molar-refractivity contribution is 0.401. The van der Waals surface area contributed by atoms with Crippen LogP contribution in [0.5, 0.6) is 11.5 Å². The van der Waals surface area contributed by atoms with E-state index in [-0.39, 0.29) is 11.5 Å². The van der Waals surface area contributed by atoms with Crippen molar-refractivity contribution in [3.8, 4) is 22.6 Å². The van der Waals surface area contributed by atoms with Gasteiger partial charge in [0.1, 0.15) is 0 Å². The van der Waals surface area contributed by atoms with Crippen LogP contribution in [0.1, 0.15) is 5.56 Å². The Morgan fingerprint density at radius 2 is 1.53 bits per heavy atom. The van der Waals surface area contributed by atoms with Crippen molar-refractivity contribution in [1.29, 1.82) is 0 Å². The molecule has 0 aromatic heterocycles. The first-order valence-electron chi connectivity index (χ1n) is 4.76. The summed E-state index contributed by atoms with van der Waals surface area (Å²) in [5.74, 6) is -0.122. The molecule has 2 heteroatoms. The minimum Gasteiger partial charge on any atom is -0.504 e. The van der Waals surface area contributed by atoms with E-state index < -0.39 is 0 Å². The van der Waals surface area contributed by atoms with Crippen LogP contribution in [0.4, 0.5) is 0 Å². The van der Waals surface area contributed by atoms with Gasteiger partial charge in [-0.1, -0.05) is 30.3 Å². The van der Waals surface area contributed by atoms with Gasteiger partial charge in [-0.05, 0) is 35.7 Å². The Kier molecular flexibility index (Phi) is 2.34. The van der Waals surface area contributed by atoms with Gasteiger partial charge < -0.3 is 10.2 Å². The monoisotopic (exact) mass is 200 g/mol. The maximum Gasteiger partial charge on any atom is 0.160 e. The zero-order valence-corrected chi connectivity index (χ0v) is 8.44. The first kappa shape index (κ1) is 9.59. The Balaban J connectivity index is 2.56.